The van der Waals surface area contributed by atoms with Crippen LogP contribution in [0, 0.1) is 6.92 Å². The second kappa shape index (κ2) is 3.73. The van der Waals surface area contributed by atoms with Crippen LogP contribution in [0.5, 0.6) is 0 Å². The van der Waals surface area contributed by atoms with Crippen LogP contribution in [0.1, 0.15) is 23.0 Å². The van der Waals surface area contributed by atoms with Crippen LogP contribution in [0.2, 0.25) is 0 Å². The molecule has 2 rings (SSSR count). The third-order valence-electron chi connectivity index (χ3n) is 2.14. The minimum Gasteiger partial charge on any atom is -0.461 e. The first-order valence-corrected chi connectivity index (χ1v) is 4.83. The number of aromatic nitrogens is 2. The first-order valence-electron chi connectivity index (χ1n) is 4.83. The van der Waals surface area contributed by atoms with Gasteiger partial charge in [0.1, 0.15) is 5.65 Å². The first-order chi connectivity index (χ1) is 7.22. The van der Waals surface area contributed by atoms with Crippen LogP contribution >= 0.6 is 0 Å². The fraction of sp³-hybridized carbons (Fsp3) is 0.273. The van der Waals surface area contributed by atoms with Gasteiger partial charge in [-0.25, -0.2) is 9.78 Å². The van der Waals surface area contributed by atoms with Crippen molar-refractivity contribution in [2.24, 2.45) is 0 Å². The smallest absolute Gasteiger partial charge is 0.356 e. The molecule has 78 valence electrons. The number of ether oxygens (including phenoxy) is 1. The molecule has 15 heavy (non-hydrogen) atoms. The molecule has 0 atom stereocenters. The quantitative estimate of drug-likeness (QED) is 0.701. The maximum absolute atomic E-state index is 11.5. The summed E-state index contributed by atoms with van der Waals surface area (Å²) in [6.45, 7) is 4.12. The van der Waals surface area contributed by atoms with E-state index in [2.05, 4.69) is 4.98 Å². The van der Waals surface area contributed by atoms with E-state index in [9.17, 15) is 4.79 Å². The van der Waals surface area contributed by atoms with Crippen molar-refractivity contribution in [3.05, 3.63) is 35.8 Å². The molecule has 0 aliphatic carbocycles. The normalized spacial score (nSPS) is 10.5. The molecule has 0 aromatic carbocycles. The number of hydrogen-bond donors (Lipinski definition) is 0. The molecule has 0 saturated carbocycles. The molecule has 2 aromatic rings. The van der Waals surface area contributed by atoms with E-state index < -0.39 is 0 Å². The molecule has 0 unspecified atom stereocenters. The second-order valence-electron chi connectivity index (χ2n) is 3.30. The summed E-state index contributed by atoms with van der Waals surface area (Å²) in [7, 11) is 0. The summed E-state index contributed by atoms with van der Waals surface area (Å²) in [6, 6.07) is 3.83. The molecule has 0 fully saturated rings. The number of rotatable bonds is 2. The minimum absolute atomic E-state index is 0.337. The van der Waals surface area contributed by atoms with Gasteiger partial charge in [-0.3, -0.25) is 4.40 Å². The largest absolute Gasteiger partial charge is 0.461 e. The standard InChI is InChI=1S/C11H12N2O2/c1-3-15-11(14)9-6-12-10-5-4-8(2)7-13(9)10/h4-7H,3H2,1-2H3. The van der Waals surface area contributed by atoms with E-state index in [1.165, 1.54) is 6.20 Å². The average Bonchev–Trinajstić information content (AvgIpc) is 2.60. The first kappa shape index (κ1) is 9.71. The van der Waals surface area contributed by atoms with E-state index in [-0.39, 0.29) is 5.97 Å². The molecule has 0 aliphatic heterocycles. The fourth-order valence-electron chi connectivity index (χ4n) is 1.44. The number of aryl methyl sites for hydroxylation is 1. The van der Waals surface area contributed by atoms with E-state index in [1.807, 2.05) is 25.3 Å². The van der Waals surface area contributed by atoms with Crippen LogP contribution in [0.4, 0.5) is 0 Å². The molecular weight excluding hydrogens is 192 g/mol. The number of carbonyl (C=O) groups excluding carboxylic acids is 1. The van der Waals surface area contributed by atoms with Gasteiger partial charge in [-0.15, -0.1) is 0 Å². The third-order valence-corrected chi connectivity index (χ3v) is 2.14. The molecule has 4 heteroatoms. The summed E-state index contributed by atoms with van der Waals surface area (Å²) in [5, 5.41) is 0. The van der Waals surface area contributed by atoms with Crippen LogP contribution in [0.15, 0.2) is 24.5 Å². The number of imidazole rings is 1. The third kappa shape index (κ3) is 1.70. The van der Waals surface area contributed by atoms with Crippen LogP contribution in [0.3, 0.4) is 0 Å². The molecule has 0 bridgehead atoms. The molecule has 0 radical (unpaired) electrons. The van der Waals surface area contributed by atoms with Crippen LogP contribution in [0.25, 0.3) is 5.65 Å². The zero-order chi connectivity index (χ0) is 10.8. The Labute approximate surface area is 87.5 Å². The van der Waals surface area contributed by atoms with Crippen molar-refractivity contribution in [3.63, 3.8) is 0 Å². The summed E-state index contributed by atoms with van der Waals surface area (Å²) in [4.78, 5) is 15.7. The Kier molecular flexibility index (Phi) is 2.41. The summed E-state index contributed by atoms with van der Waals surface area (Å²) >= 11 is 0. The summed E-state index contributed by atoms with van der Waals surface area (Å²) in [5.41, 5.74) is 2.30. The second-order valence-corrected chi connectivity index (χ2v) is 3.30. The van der Waals surface area contributed by atoms with Gasteiger partial charge in [0.25, 0.3) is 0 Å². The van der Waals surface area contributed by atoms with Gasteiger partial charge in [-0.1, -0.05) is 6.07 Å². The van der Waals surface area contributed by atoms with E-state index in [0.29, 0.717) is 12.3 Å². The van der Waals surface area contributed by atoms with Crippen molar-refractivity contribution in [2.45, 2.75) is 13.8 Å². The number of carbonyl (C=O) groups is 1. The van der Waals surface area contributed by atoms with Crippen molar-refractivity contribution in [3.8, 4) is 0 Å². The minimum atomic E-state index is -0.337. The van der Waals surface area contributed by atoms with Crippen LogP contribution in [-0.4, -0.2) is 22.0 Å². The molecule has 2 heterocycles. The van der Waals surface area contributed by atoms with Crippen molar-refractivity contribution in [2.75, 3.05) is 6.61 Å². The van der Waals surface area contributed by atoms with Crippen molar-refractivity contribution in [1.82, 2.24) is 9.38 Å². The molecule has 0 N–H and O–H groups in total. The van der Waals surface area contributed by atoms with Crippen molar-refractivity contribution in [1.29, 1.82) is 0 Å². The lowest BCUT2D eigenvalue weighted by Gasteiger charge is -2.02. The highest BCUT2D eigenvalue weighted by molar-refractivity contribution is 5.88. The van der Waals surface area contributed by atoms with Gasteiger partial charge in [-0.2, -0.15) is 0 Å². The topological polar surface area (TPSA) is 43.6 Å². The summed E-state index contributed by atoms with van der Waals surface area (Å²) in [6.07, 6.45) is 3.40. The van der Waals surface area contributed by atoms with Crippen molar-refractivity contribution < 1.29 is 9.53 Å². The van der Waals surface area contributed by atoms with Gasteiger partial charge in [0, 0.05) is 6.20 Å². The Hall–Kier alpha value is -1.84. The molecule has 0 amide bonds. The lowest BCUT2D eigenvalue weighted by molar-refractivity contribution is 0.0518. The van der Waals surface area contributed by atoms with Gasteiger partial charge in [0.15, 0.2) is 5.69 Å². The van der Waals surface area contributed by atoms with Crippen LogP contribution < -0.4 is 0 Å². The van der Waals surface area contributed by atoms with Gasteiger partial charge in [0.05, 0.1) is 12.8 Å². The zero-order valence-electron chi connectivity index (χ0n) is 8.73. The highest BCUT2D eigenvalue weighted by Gasteiger charge is 2.12. The predicted molar refractivity (Wildman–Crippen MR) is 55.9 cm³/mol. The number of esters is 1. The number of fused-ring (bicyclic) bond motifs is 1. The Bertz CT molecular complexity index is 502. The summed E-state index contributed by atoms with van der Waals surface area (Å²) in [5.74, 6) is -0.337. The summed E-state index contributed by atoms with van der Waals surface area (Å²) < 4.78 is 6.68. The molecule has 2 aromatic heterocycles. The number of hydrogen-bond acceptors (Lipinski definition) is 3. The SMILES string of the molecule is CCOC(=O)c1cnc2ccc(C)cn12. The van der Waals surface area contributed by atoms with Crippen molar-refractivity contribution >= 4 is 11.6 Å². The molecule has 4 nitrogen and oxygen atoms in total. The Morgan fingerprint density at radius 3 is 3.07 bits per heavy atom. The van der Waals surface area contributed by atoms with Gasteiger partial charge in [0.2, 0.25) is 0 Å². The van der Waals surface area contributed by atoms with E-state index >= 15 is 0 Å². The molecule has 0 aliphatic rings. The lowest BCUT2D eigenvalue weighted by atomic mass is 10.3. The Morgan fingerprint density at radius 2 is 2.33 bits per heavy atom. The molecule has 0 spiro atoms. The lowest BCUT2D eigenvalue weighted by Crippen LogP contribution is -2.07. The Balaban J connectivity index is 2.52. The highest BCUT2D eigenvalue weighted by Crippen LogP contribution is 2.09. The van der Waals surface area contributed by atoms with Gasteiger partial charge in [-0.05, 0) is 25.5 Å². The van der Waals surface area contributed by atoms with Gasteiger partial charge >= 0.3 is 5.97 Å². The molecular formula is C11H12N2O2. The zero-order valence-corrected chi connectivity index (χ0v) is 8.73. The number of nitrogens with zero attached hydrogens (tertiary/aromatic N) is 2. The van der Waals surface area contributed by atoms with Crippen LogP contribution in [-0.2, 0) is 4.74 Å². The average molecular weight is 204 g/mol. The van der Waals surface area contributed by atoms with E-state index in [4.69, 9.17) is 4.74 Å². The maximum Gasteiger partial charge on any atom is 0.356 e. The monoisotopic (exact) mass is 204 g/mol. The van der Waals surface area contributed by atoms with E-state index in [1.54, 1.807) is 11.3 Å². The highest BCUT2D eigenvalue weighted by atomic mass is 16.5. The maximum atomic E-state index is 11.5. The predicted octanol–water partition coefficient (Wildman–Crippen LogP) is 1.82. The van der Waals surface area contributed by atoms with E-state index in [0.717, 1.165) is 11.2 Å². The van der Waals surface area contributed by atoms with Gasteiger partial charge < -0.3 is 4.74 Å². The number of pyridine rings is 1. The fourth-order valence-corrected chi connectivity index (χ4v) is 1.44. The molecule has 0 saturated heterocycles. The Morgan fingerprint density at radius 1 is 1.53 bits per heavy atom.